The second kappa shape index (κ2) is 11.0. The highest BCUT2D eigenvalue weighted by Crippen LogP contribution is 2.43. The Morgan fingerprint density at radius 2 is 1.73 bits per heavy atom. The Balaban J connectivity index is 1.58. The van der Waals surface area contributed by atoms with Gasteiger partial charge in [-0.3, -0.25) is 9.69 Å². The number of aliphatic hydroxyl groups excluding tert-OH is 1. The van der Waals surface area contributed by atoms with Gasteiger partial charge in [-0.25, -0.2) is 18.8 Å². The average molecular weight is 567 g/mol. The van der Waals surface area contributed by atoms with Crippen LogP contribution in [0.25, 0.3) is 0 Å². The lowest BCUT2D eigenvalue weighted by molar-refractivity contribution is -0.126. The van der Waals surface area contributed by atoms with Crippen molar-refractivity contribution in [3.8, 4) is 11.5 Å². The first kappa shape index (κ1) is 27.1. The number of rotatable bonds is 6. The first-order valence-corrected chi connectivity index (χ1v) is 12.7. The largest absolute Gasteiger partial charge is 0.494 e. The van der Waals surface area contributed by atoms with Crippen molar-refractivity contribution >= 4 is 29.0 Å². The van der Waals surface area contributed by atoms with Gasteiger partial charge < -0.3 is 19.5 Å². The molecule has 11 heteroatoms. The quantitative estimate of drug-likeness (QED) is 0.391. The molecule has 206 valence electrons. The van der Waals surface area contributed by atoms with E-state index in [0.29, 0.717) is 23.5 Å². The SMILES string of the molecule is C=C1N=C(c2ccc(Cl)nc2)N(c2c(OC)cccc2OC)C(O)=C1C(=O)N1CCC(c2c(F)cccc2F)C1. The molecule has 2 aromatic carbocycles. The van der Waals surface area contributed by atoms with Crippen LogP contribution in [-0.2, 0) is 4.79 Å². The number of amides is 1. The van der Waals surface area contributed by atoms with Gasteiger partial charge in [0.1, 0.15) is 45.4 Å². The molecule has 1 fully saturated rings. The summed E-state index contributed by atoms with van der Waals surface area (Å²) in [4.78, 5) is 25.3. The Labute approximate surface area is 234 Å². The number of likely N-dealkylation sites (tertiary alicyclic amines) is 1. The van der Waals surface area contributed by atoms with Gasteiger partial charge in [-0.15, -0.1) is 0 Å². The molecule has 8 nitrogen and oxygen atoms in total. The topological polar surface area (TPSA) is 87.5 Å². The van der Waals surface area contributed by atoms with Crippen LogP contribution in [0.4, 0.5) is 14.5 Å². The van der Waals surface area contributed by atoms with Crippen molar-refractivity contribution in [2.45, 2.75) is 12.3 Å². The third-order valence-corrected chi connectivity index (χ3v) is 7.11. The number of hydrogen-bond acceptors (Lipinski definition) is 7. The van der Waals surface area contributed by atoms with Crippen LogP contribution in [0.15, 0.2) is 83.5 Å². The van der Waals surface area contributed by atoms with Gasteiger partial charge in [0.25, 0.3) is 5.91 Å². The Bertz CT molecular complexity index is 1520. The van der Waals surface area contributed by atoms with Crippen molar-refractivity contribution in [3.05, 3.63) is 106 Å². The minimum Gasteiger partial charge on any atom is -0.494 e. The number of carbonyl (C=O) groups is 1. The monoisotopic (exact) mass is 566 g/mol. The predicted molar refractivity (Wildman–Crippen MR) is 147 cm³/mol. The fourth-order valence-electron chi connectivity index (χ4n) is 5.00. The van der Waals surface area contributed by atoms with Crippen LogP contribution in [-0.4, -0.2) is 54.0 Å². The van der Waals surface area contributed by atoms with E-state index in [1.54, 1.807) is 30.3 Å². The van der Waals surface area contributed by atoms with Gasteiger partial charge in [0, 0.05) is 36.3 Å². The van der Waals surface area contributed by atoms with Gasteiger partial charge in [-0.05, 0) is 42.8 Å². The average Bonchev–Trinajstić information content (AvgIpc) is 3.42. The molecule has 0 radical (unpaired) electrons. The van der Waals surface area contributed by atoms with Crippen molar-refractivity contribution in [2.75, 3.05) is 32.2 Å². The molecule has 1 unspecified atom stereocenters. The second-order valence-electron chi connectivity index (χ2n) is 9.17. The fraction of sp³-hybridized carbons (Fsp3) is 0.207. The summed E-state index contributed by atoms with van der Waals surface area (Å²) in [5.74, 6) is -2.08. The molecule has 0 bridgehead atoms. The Morgan fingerprint density at radius 1 is 1.07 bits per heavy atom. The summed E-state index contributed by atoms with van der Waals surface area (Å²) >= 11 is 5.99. The van der Waals surface area contributed by atoms with E-state index in [1.165, 1.54) is 48.4 Å². The van der Waals surface area contributed by atoms with E-state index in [2.05, 4.69) is 16.6 Å². The Morgan fingerprint density at radius 3 is 2.33 bits per heavy atom. The third kappa shape index (κ3) is 4.75. The highest BCUT2D eigenvalue weighted by Gasteiger charge is 2.39. The molecule has 1 atom stereocenters. The third-order valence-electron chi connectivity index (χ3n) is 6.88. The molecular weight excluding hydrogens is 542 g/mol. The molecule has 3 aromatic rings. The zero-order valence-electron chi connectivity index (χ0n) is 21.7. The van der Waals surface area contributed by atoms with Crippen molar-refractivity contribution < 1.29 is 28.2 Å². The Hall–Kier alpha value is -4.44. The summed E-state index contributed by atoms with van der Waals surface area (Å²) < 4.78 is 40.0. The summed E-state index contributed by atoms with van der Waals surface area (Å²) in [5, 5.41) is 12.0. The maximum atomic E-state index is 14.5. The highest BCUT2D eigenvalue weighted by atomic mass is 35.5. The summed E-state index contributed by atoms with van der Waals surface area (Å²) in [6.45, 7) is 4.21. The molecule has 3 heterocycles. The highest BCUT2D eigenvalue weighted by molar-refractivity contribution is 6.29. The van der Waals surface area contributed by atoms with E-state index in [1.807, 2.05) is 0 Å². The maximum Gasteiger partial charge on any atom is 0.261 e. The number of benzene rings is 2. The number of aliphatic hydroxyl groups is 1. The lowest BCUT2D eigenvalue weighted by atomic mass is 9.97. The second-order valence-corrected chi connectivity index (χ2v) is 9.56. The summed E-state index contributed by atoms with van der Waals surface area (Å²) in [6, 6.07) is 12.0. The lowest BCUT2D eigenvalue weighted by Gasteiger charge is -2.33. The number of ether oxygens (including phenoxy) is 2. The molecule has 1 N–H and O–H groups in total. The number of halogens is 3. The van der Waals surface area contributed by atoms with E-state index in [9.17, 15) is 18.7 Å². The van der Waals surface area contributed by atoms with Crippen molar-refractivity contribution in [1.29, 1.82) is 0 Å². The summed E-state index contributed by atoms with van der Waals surface area (Å²) in [6.07, 6.45) is 1.82. The minimum absolute atomic E-state index is 0.00177. The molecular formula is C29H25ClF2N4O4. The predicted octanol–water partition coefficient (Wildman–Crippen LogP) is 5.60. The number of nitrogens with zero attached hydrogens (tertiary/aromatic N) is 4. The molecule has 2 aliphatic heterocycles. The van der Waals surface area contributed by atoms with Crippen LogP contribution in [0.3, 0.4) is 0 Å². The smallest absolute Gasteiger partial charge is 0.261 e. The van der Waals surface area contributed by atoms with Crippen LogP contribution in [0.1, 0.15) is 23.5 Å². The van der Waals surface area contributed by atoms with E-state index < -0.39 is 29.3 Å². The molecule has 0 aliphatic carbocycles. The van der Waals surface area contributed by atoms with E-state index in [4.69, 9.17) is 21.1 Å². The lowest BCUT2D eigenvalue weighted by Crippen LogP contribution is -2.40. The summed E-state index contributed by atoms with van der Waals surface area (Å²) in [7, 11) is 2.92. The van der Waals surface area contributed by atoms with Gasteiger partial charge in [-0.2, -0.15) is 0 Å². The first-order chi connectivity index (χ1) is 19.2. The molecule has 1 aromatic heterocycles. The van der Waals surface area contributed by atoms with Crippen LogP contribution in [0, 0.1) is 11.6 Å². The molecule has 40 heavy (non-hydrogen) atoms. The molecule has 1 saturated heterocycles. The number of amidine groups is 1. The molecule has 5 rings (SSSR count). The van der Waals surface area contributed by atoms with Crippen molar-refractivity contribution in [1.82, 2.24) is 9.88 Å². The zero-order valence-corrected chi connectivity index (χ0v) is 22.5. The first-order valence-electron chi connectivity index (χ1n) is 12.3. The van der Waals surface area contributed by atoms with Crippen LogP contribution >= 0.6 is 11.6 Å². The molecule has 2 aliphatic rings. The molecule has 1 amide bonds. The van der Waals surface area contributed by atoms with Crippen LogP contribution < -0.4 is 14.4 Å². The number of carbonyl (C=O) groups excluding carboxylic acids is 1. The van der Waals surface area contributed by atoms with Crippen molar-refractivity contribution in [2.24, 2.45) is 4.99 Å². The number of para-hydroxylation sites is 1. The van der Waals surface area contributed by atoms with E-state index in [-0.39, 0.29) is 46.6 Å². The van der Waals surface area contributed by atoms with E-state index >= 15 is 0 Å². The van der Waals surface area contributed by atoms with Gasteiger partial charge in [0.2, 0.25) is 5.88 Å². The minimum atomic E-state index is -0.663. The number of aromatic nitrogens is 1. The van der Waals surface area contributed by atoms with Crippen LogP contribution in [0.2, 0.25) is 5.15 Å². The van der Waals surface area contributed by atoms with Gasteiger partial charge in [0.15, 0.2) is 0 Å². The molecule has 0 saturated carbocycles. The normalized spacial score (nSPS) is 17.3. The van der Waals surface area contributed by atoms with Gasteiger partial charge in [-0.1, -0.05) is 30.3 Å². The fourth-order valence-corrected chi connectivity index (χ4v) is 5.11. The number of hydrogen-bond donors (Lipinski definition) is 1. The van der Waals surface area contributed by atoms with Crippen LogP contribution in [0.5, 0.6) is 11.5 Å². The number of pyridine rings is 1. The Kier molecular flexibility index (Phi) is 7.44. The van der Waals surface area contributed by atoms with Gasteiger partial charge >= 0.3 is 0 Å². The standard InChI is InChI=1S/C29H25ClF2N4O4/c1-16-24(28(37)35-13-12-18(15-35)25-19(31)6-4-7-20(25)32)29(38)36(26-21(39-2)8-5-9-22(26)40-3)27(34-16)17-10-11-23(30)33-14-17/h4-11,14,18,38H,1,12-13,15H2,2-3H3. The van der Waals surface area contributed by atoms with E-state index in [0.717, 1.165) is 0 Å². The zero-order chi connectivity index (χ0) is 28.6. The number of aliphatic imine (C=N–C) groups is 1. The summed E-state index contributed by atoms with van der Waals surface area (Å²) in [5.41, 5.74) is 0.512. The van der Waals surface area contributed by atoms with Gasteiger partial charge in [0.05, 0.1) is 19.9 Å². The molecule has 0 spiro atoms. The number of methoxy groups -OCH3 is 2. The number of anilines is 1. The van der Waals surface area contributed by atoms with Crippen molar-refractivity contribution in [3.63, 3.8) is 0 Å². The maximum absolute atomic E-state index is 14.5.